The highest BCUT2D eigenvalue weighted by molar-refractivity contribution is 5.97. The van der Waals surface area contributed by atoms with Crippen LogP contribution in [0.5, 0.6) is 0 Å². The highest BCUT2D eigenvalue weighted by Gasteiger charge is 2.19. The van der Waals surface area contributed by atoms with Crippen molar-refractivity contribution >= 4 is 11.6 Å². The van der Waals surface area contributed by atoms with E-state index in [9.17, 15) is 10.1 Å². The van der Waals surface area contributed by atoms with Crippen molar-refractivity contribution in [2.45, 2.75) is 13.0 Å². The van der Waals surface area contributed by atoms with Crippen molar-refractivity contribution in [2.75, 3.05) is 11.4 Å². The van der Waals surface area contributed by atoms with Crippen LogP contribution < -0.4 is 10.2 Å². The Hall–Kier alpha value is -3.00. The molecule has 0 radical (unpaired) electrons. The van der Waals surface area contributed by atoms with Gasteiger partial charge in [-0.15, -0.1) is 0 Å². The average molecular weight is 293 g/mol. The number of anilines is 1. The van der Waals surface area contributed by atoms with Gasteiger partial charge in [0.25, 0.3) is 5.91 Å². The molecular weight excluding hydrogens is 278 g/mol. The van der Waals surface area contributed by atoms with E-state index in [-0.39, 0.29) is 12.1 Å². The molecule has 0 aliphatic carbocycles. The highest BCUT2D eigenvalue weighted by Crippen LogP contribution is 2.28. The quantitative estimate of drug-likeness (QED) is 0.694. The number of nitriles is 1. The molecule has 1 N–H and O–H groups in total. The van der Waals surface area contributed by atoms with Crippen LogP contribution >= 0.6 is 0 Å². The van der Waals surface area contributed by atoms with Crippen molar-refractivity contribution in [1.29, 1.82) is 5.26 Å². The van der Waals surface area contributed by atoms with Gasteiger partial charge in [-0.1, -0.05) is 18.2 Å². The minimum Gasteiger partial charge on any atom is -0.467 e. The molecule has 1 aromatic carbocycles. The molecule has 0 saturated heterocycles. The molecule has 0 spiro atoms. The van der Waals surface area contributed by atoms with Gasteiger partial charge in [0, 0.05) is 18.4 Å². The second-order valence-corrected chi connectivity index (χ2v) is 4.99. The summed E-state index contributed by atoms with van der Waals surface area (Å²) in [5.41, 5.74) is 2.37. The van der Waals surface area contributed by atoms with Gasteiger partial charge in [-0.2, -0.15) is 5.26 Å². The molecule has 1 aliphatic heterocycles. The van der Waals surface area contributed by atoms with Crippen molar-refractivity contribution in [3.63, 3.8) is 0 Å². The lowest BCUT2D eigenvalue weighted by atomic mass is 10.2. The zero-order chi connectivity index (χ0) is 15.4. The Morgan fingerprint density at radius 1 is 1.36 bits per heavy atom. The van der Waals surface area contributed by atoms with Crippen molar-refractivity contribution in [1.82, 2.24) is 5.32 Å². The van der Waals surface area contributed by atoms with Crippen LogP contribution in [0.25, 0.3) is 0 Å². The molecule has 1 aromatic heterocycles. The van der Waals surface area contributed by atoms with Gasteiger partial charge in [0.2, 0.25) is 0 Å². The minimum atomic E-state index is -0.400. The van der Waals surface area contributed by atoms with E-state index in [0.29, 0.717) is 5.76 Å². The number of nitrogens with zero attached hydrogens (tertiary/aromatic N) is 2. The Kier molecular flexibility index (Phi) is 3.92. The molecular formula is C17H15N3O2. The van der Waals surface area contributed by atoms with Gasteiger partial charge < -0.3 is 14.6 Å². The van der Waals surface area contributed by atoms with Crippen molar-refractivity contribution in [3.8, 4) is 6.07 Å². The van der Waals surface area contributed by atoms with Crippen LogP contribution in [0.3, 0.4) is 0 Å². The average Bonchev–Trinajstić information content (AvgIpc) is 3.20. The number of carbonyl (C=O) groups is 1. The second kappa shape index (κ2) is 6.19. The third kappa shape index (κ3) is 2.86. The van der Waals surface area contributed by atoms with E-state index in [1.807, 2.05) is 29.2 Å². The fraction of sp³-hybridized carbons (Fsp3) is 0.176. The number of carbonyl (C=O) groups excluding carboxylic acids is 1. The number of hydrogen-bond acceptors (Lipinski definition) is 4. The van der Waals surface area contributed by atoms with Crippen molar-refractivity contribution in [2.24, 2.45) is 0 Å². The van der Waals surface area contributed by atoms with Crippen LogP contribution in [0.2, 0.25) is 0 Å². The van der Waals surface area contributed by atoms with Crippen molar-refractivity contribution in [3.05, 3.63) is 65.8 Å². The first kappa shape index (κ1) is 14.0. The predicted octanol–water partition coefficient (Wildman–Crippen LogP) is 2.37. The van der Waals surface area contributed by atoms with Crippen LogP contribution in [0.1, 0.15) is 11.3 Å². The summed E-state index contributed by atoms with van der Waals surface area (Å²) >= 11 is 0. The van der Waals surface area contributed by atoms with Crippen LogP contribution in [-0.4, -0.2) is 12.5 Å². The van der Waals surface area contributed by atoms with E-state index in [2.05, 4.69) is 11.4 Å². The smallest absolute Gasteiger partial charge is 0.263 e. The SMILES string of the molecule is N#C/C(=C/N1CCc2ccccc21)C(=O)NCc1ccco1. The van der Waals surface area contributed by atoms with Crippen LogP contribution in [-0.2, 0) is 17.8 Å². The summed E-state index contributed by atoms with van der Waals surface area (Å²) in [7, 11) is 0. The summed E-state index contributed by atoms with van der Waals surface area (Å²) < 4.78 is 5.15. The molecule has 5 heteroatoms. The molecule has 3 rings (SSSR count). The fourth-order valence-corrected chi connectivity index (χ4v) is 2.47. The van der Waals surface area contributed by atoms with Crippen molar-refractivity contribution < 1.29 is 9.21 Å². The summed E-state index contributed by atoms with van der Waals surface area (Å²) in [5.74, 6) is 0.250. The Morgan fingerprint density at radius 2 is 2.23 bits per heavy atom. The molecule has 2 aromatic rings. The van der Waals surface area contributed by atoms with Gasteiger partial charge in [0.1, 0.15) is 17.4 Å². The monoisotopic (exact) mass is 293 g/mol. The summed E-state index contributed by atoms with van der Waals surface area (Å²) in [6.07, 6.45) is 4.08. The molecule has 0 unspecified atom stereocenters. The molecule has 5 nitrogen and oxygen atoms in total. The van der Waals surface area contributed by atoms with Gasteiger partial charge in [0.05, 0.1) is 12.8 Å². The largest absolute Gasteiger partial charge is 0.467 e. The molecule has 22 heavy (non-hydrogen) atoms. The first-order valence-electron chi connectivity index (χ1n) is 7.05. The van der Waals surface area contributed by atoms with Gasteiger partial charge in [-0.25, -0.2) is 0 Å². The van der Waals surface area contributed by atoms with E-state index >= 15 is 0 Å². The van der Waals surface area contributed by atoms with Gasteiger partial charge in [0.15, 0.2) is 0 Å². The summed E-state index contributed by atoms with van der Waals surface area (Å²) in [4.78, 5) is 14.0. The molecule has 110 valence electrons. The Bertz CT molecular complexity index is 742. The normalized spacial score (nSPS) is 13.6. The number of amides is 1. The first-order chi connectivity index (χ1) is 10.8. The lowest BCUT2D eigenvalue weighted by Crippen LogP contribution is -2.25. The van der Waals surface area contributed by atoms with Gasteiger partial charge in [-0.3, -0.25) is 4.79 Å². The first-order valence-corrected chi connectivity index (χ1v) is 7.05. The van der Waals surface area contributed by atoms with Crippen LogP contribution in [0.4, 0.5) is 5.69 Å². The highest BCUT2D eigenvalue weighted by atomic mass is 16.3. The third-order valence-electron chi connectivity index (χ3n) is 3.58. The van der Waals surface area contributed by atoms with E-state index in [1.54, 1.807) is 24.6 Å². The Balaban J connectivity index is 1.71. The van der Waals surface area contributed by atoms with E-state index < -0.39 is 5.91 Å². The number of nitrogens with one attached hydrogen (secondary N) is 1. The molecule has 1 aliphatic rings. The topological polar surface area (TPSA) is 69.3 Å². The molecule has 0 saturated carbocycles. The Labute approximate surface area is 128 Å². The van der Waals surface area contributed by atoms with Crippen LogP contribution in [0.15, 0.2) is 58.9 Å². The lowest BCUT2D eigenvalue weighted by molar-refractivity contribution is -0.117. The summed E-state index contributed by atoms with van der Waals surface area (Å²) in [5, 5.41) is 11.9. The molecule has 0 fully saturated rings. The predicted molar refractivity (Wildman–Crippen MR) is 81.7 cm³/mol. The lowest BCUT2D eigenvalue weighted by Gasteiger charge is -2.14. The number of para-hydroxylation sites is 1. The second-order valence-electron chi connectivity index (χ2n) is 4.99. The summed E-state index contributed by atoms with van der Waals surface area (Å²) in [6.45, 7) is 1.04. The maximum atomic E-state index is 12.1. The molecule has 2 heterocycles. The number of benzene rings is 1. The molecule has 1 amide bonds. The fourth-order valence-electron chi connectivity index (χ4n) is 2.47. The third-order valence-corrected chi connectivity index (χ3v) is 3.58. The van der Waals surface area contributed by atoms with E-state index in [1.165, 1.54) is 5.56 Å². The molecule has 0 bridgehead atoms. The number of fused-ring (bicyclic) bond motifs is 1. The molecule has 0 atom stereocenters. The number of furan rings is 1. The number of rotatable bonds is 4. The minimum absolute atomic E-state index is 0.0864. The number of hydrogen-bond donors (Lipinski definition) is 1. The van der Waals surface area contributed by atoms with Gasteiger partial charge in [-0.05, 0) is 30.2 Å². The van der Waals surface area contributed by atoms with E-state index in [0.717, 1.165) is 18.7 Å². The van der Waals surface area contributed by atoms with E-state index in [4.69, 9.17) is 4.42 Å². The Morgan fingerprint density at radius 3 is 3.00 bits per heavy atom. The maximum Gasteiger partial charge on any atom is 0.263 e. The van der Waals surface area contributed by atoms with Gasteiger partial charge >= 0.3 is 0 Å². The van der Waals surface area contributed by atoms with Crippen LogP contribution in [0, 0.1) is 11.3 Å². The maximum absolute atomic E-state index is 12.1. The zero-order valence-corrected chi connectivity index (χ0v) is 12.0. The summed E-state index contributed by atoms with van der Waals surface area (Å²) in [6, 6.07) is 13.5. The standard InChI is InChI=1S/C17H15N3O2/c18-10-14(17(21)19-11-15-5-3-9-22-15)12-20-8-7-13-4-1-2-6-16(13)20/h1-6,9,12H,7-8,11H2,(H,19,21)/b14-12-. The zero-order valence-electron chi connectivity index (χ0n) is 12.0.